The van der Waals surface area contributed by atoms with Gasteiger partial charge in [0.25, 0.3) is 5.56 Å². The van der Waals surface area contributed by atoms with E-state index < -0.39 is 11.5 Å². The Morgan fingerprint density at radius 2 is 2.18 bits per heavy atom. The second-order valence-electron chi connectivity index (χ2n) is 3.59. The third-order valence-corrected chi connectivity index (χ3v) is 2.34. The van der Waals surface area contributed by atoms with Gasteiger partial charge in [-0.1, -0.05) is 0 Å². The van der Waals surface area contributed by atoms with Gasteiger partial charge in [-0.15, -0.1) is 0 Å². The minimum absolute atomic E-state index is 0.145. The number of hydrogen-bond donors (Lipinski definition) is 1. The van der Waals surface area contributed by atoms with Crippen LogP contribution >= 0.6 is 0 Å². The van der Waals surface area contributed by atoms with Gasteiger partial charge in [0.2, 0.25) is 5.71 Å². The Labute approximate surface area is 96.6 Å². The molecule has 0 aromatic carbocycles. The van der Waals surface area contributed by atoms with Gasteiger partial charge >= 0.3 is 5.97 Å². The number of carbonyl (C=O) groups is 1. The van der Waals surface area contributed by atoms with Crippen LogP contribution in [0.1, 0.15) is 28.9 Å². The quantitative estimate of drug-likeness (QED) is 0.794. The van der Waals surface area contributed by atoms with Crippen molar-refractivity contribution >= 4 is 17.1 Å². The average molecular weight is 236 g/mol. The summed E-state index contributed by atoms with van der Waals surface area (Å²) in [6, 6.07) is 0. The molecule has 0 aliphatic carbocycles. The fourth-order valence-corrected chi connectivity index (χ4v) is 1.68. The maximum absolute atomic E-state index is 11.8. The molecular weight excluding hydrogens is 224 g/mol. The number of furan rings is 1. The number of H-pyrrole nitrogens is 1. The predicted octanol–water partition coefficient (Wildman–Crippen LogP) is 1.31. The highest BCUT2D eigenvalue weighted by Crippen LogP contribution is 2.21. The molecule has 0 aliphatic heterocycles. The molecule has 0 saturated heterocycles. The molecule has 6 heteroatoms. The lowest BCUT2D eigenvalue weighted by Crippen LogP contribution is -2.13. The van der Waals surface area contributed by atoms with Crippen molar-refractivity contribution < 1.29 is 13.9 Å². The number of carbonyl (C=O) groups excluding carboxylic acids is 1. The van der Waals surface area contributed by atoms with Gasteiger partial charge < -0.3 is 14.1 Å². The summed E-state index contributed by atoms with van der Waals surface area (Å²) in [6.07, 6.45) is 0. The van der Waals surface area contributed by atoms with E-state index in [2.05, 4.69) is 9.97 Å². The number of esters is 1. The van der Waals surface area contributed by atoms with Crippen LogP contribution in [-0.2, 0) is 4.74 Å². The minimum Gasteiger partial charge on any atom is -0.462 e. The van der Waals surface area contributed by atoms with E-state index in [-0.39, 0.29) is 23.3 Å². The van der Waals surface area contributed by atoms with Crippen molar-refractivity contribution in [2.45, 2.75) is 20.8 Å². The van der Waals surface area contributed by atoms with Crippen LogP contribution in [0.25, 0.3) is 11.1 Å². The Hall–Kier alpha value is -2.11. The van der Waals surface area contributed by atoms with Gasteiger partial charge in [-0.25, -0.2) is 4.79 Å². The summed E-state index contributed by atoms with van der Waals surface area (Å²) < 4.78 is 10.2. The number of aromatic nitrogens is 2. The van der Waals surface area contributed by atoms with Crippen LogP contribution < -0.4 is 5.56 Å². The minimum atomic E-state index is -0.570. The summed E-state index contributed by atoms with van der Waals surface area (Å²) >= 11 is 0. The molecule has 1 N–H and O–H groups in total. The second-order valence-corrected chi connectivity index (χ2v) is 3.59. The SMILES string of the molecule is CCOC(=O)c1c(C)oc2nc(C)[nH]c(=O)c12. The fourth-order valence-electron chi connectivity index (χ4n) is 1.68. The van der Waals surface area contributed by atoms with Gasteiger partial charge in [0, 0.05) is 0 Å². The van der Waals surface area contributed by atoms with E-state index in [1.807, 2.05) is 0 Å². The number of fused-ring (bicyclic) bond motifs is 1. The van der Waals surface area contributed by atoms with E-state index in [0.717, 1.165) is 0 Å². The highest BCUT2D eigenvalue weighted by molar-refractivity contribution is 6.03. The van der Waals surface area contributed by atoms with Crippen LogP contribution in [0.15, 0.2) is 9.21 Å². The van der Waals surface area contributed by atoms with Crippen molar-refractivity contribution in [3.8, 4) is 0 Å². The van der Waals surface area contributed by atoms with Crippen LogP contribution in [0.4, 0.5) is 0 Å². The molecule has 0 spiro atoms. The van der Waals surface area contributed by atoms with Crippen LogP contribution in [0, 0.1) is 13.8 Å². The van der Waals surface area contributed by atoms with Gasteiger partial charge in [-0.3, -0.25) is 4.79 Å². The number of aryl methyl sites for hydroxylation is 2. The summed E-state index contributed by atoms with van der Waals surface area (Å²) in [7, 11) is 0. The molecule has 6 nitrogen and oxygen atoms in total. The van der Waals surface area contributed by atoms with E-state index in [9.17, 15) is 9.59 Å². The second kappa shape index (κ2) is 4.04. The molecule has 0 saturated carbocycles. The van der Waals surface area contributed by atoms with Crippen LogP contribution in [0.5, 0.6) is 0 Å². The van der Waals surface area contributed by atoms with Gasteiger partial charge in [-0.2, -0.15) is 4.98 Å². The first kappa shape index (κ1) is 11.4. The summed E-state index contributed by atoms with van der Waals surface area (Å²) in [5.41, 5.74) is -0.0881. The van der Waals surface area contributed by atoms with E-state index in [1.54, 1.807) is 20.8 Å². The first-order valence-electron chi connectivity index (χ1n) is 5.21. The molecule has 2 aromatic heterocycles. The third-order valence-electron chi connectivity index (χ3n) is 2.34. The van der Waals surface area contributed by atoms with Crippen LogP contribution in [0.2, 0.25) is 0 Å². The zero-order valence-corrected chi connectivity index (χ0v) is 9.79. The molecule has 2 aromatic rings. The van der Waals surface area contributed by atoms with Crippen molar-refractivity contribution in [2.24, 2.45) is 0 Å². The molecule has 0 unspecified atom stereocenters. The van der Waals surface area contributed by atoms with Gasteiger partial charge in [-0.05, 0) is 20.8 Å². The molecule has 0 bridgehead atoms. The number of ether oxygens (including phenoxy) is 1. The largest absolute Gasteiger partial charge is 0.462 e. The number of nitrogens with zero attached hydrogens (tertiary/aromatic N) is 1. The monoisotopic (exact) mass is 236 g/mol. The van der Waals surface area contributed by atoms with Crippen molar-refractivity contribution in [1.29, 1.82) is 0 Å². The lowest BCUT2D eigenvalue weighted by Gasteiger charge is -1.99. The summed E-state index contributed by atoms with van der Waals surface area (Å²) in [5.74, 6) is 0.202. The first-order valence-corrected chi connectivity index (χ1v) is 5.21. The third kappa shape index (κ3) is 1.82. The standard InChI is InChI=1S/C11H12N2O4/c1-4-16-11(15)7-5(2)17-10-8(7)9(14)12-6(3)13-10/h4H2,1-3H3,(H,12,13,14). The molecule has 0 atom stereocenters. The zero-order valence-electron chi connectivity index (χ0n) is 9.79. The molecule has 17 heavy (non-hydrogen) atoms. The summed E-state index contributed by atoms with van der Waals surface area (Å²) in [5, 5.41) is 0.145. The van der Waals surface area contributed by atoms with Gasteiger partial charge in [0.15, 0.2) is 0 Å². The van der Waals surface area contributed by atoms with Crippen molar-refractivity contribution in [3.05, 3.63) is 27.5 Å². The maximum atomic E-state index is 11.8. The van der Waals surface area contributed by atoms with Crippen molar-refractivity contribution in [1.82, 2.24) is 9.97 Å². The Bertz CT molecular complexity index is 639. The lowest BCUT2D eigenvalue weighted by molar-refractivity contribution is 0.0526. The number of hydrogen-bond acceptors (Lipinski definition) is 5. The number of aromatic amines is 1. The van der Waals surface area contributed by atoms with Crippen molar-refractivity contribution in [3.63, 3.8) is 0 Å². The topological polar surface area (TPSA) is 85.2 Å². The smallest absolute Gasteiger partial charge is 0.342 e. The molecule has 2 heterocycles. The Balaban J connectivity index is 2.75. The number of nitrogens with one attached hydrogen (secondary N) is 1. The predicted molar refractivity (Wildman–Crippen MR) is 60.1 cm³/mol. The molecular formula is C11H12N2O4. The molecule has 90 valence electrons. The first-order chi connectivity index (χ1) is 8.04. The average Bonchev–Trinajstić information content (AvgIpc) is 2.54. The fraction of sp³-hybridized carbons (Fsp3) is 0.364. The lowest BCUT2D eigenvalue weighted by atomic mass is 10.2. The highest BCUT2D eigenvalue weighted by Gasteiger charge is 2.22. The Morgan fingerprint density at radius 1 is 1.47 bits per heavy atom. The van der Waals surface area contributed by atoms with E-state index in [0.29, 0.717) is 11.6 Å². The molecule has 0 amide bonds. The normalized spacial score (nSPS) is 10.8. The maximum Gasteiger partial charge on any atom is 0.342 e. The van der Waals surface area contributed by atoms with Crippen LogP contribution in [-0.4, -0.2) is 22.5 Å². The van der Waals surface area contributed by atoms with Gasteiger partial charge in [0.1, 0.15) is 22.5 Å². The van der Waals surface area contributed by atoms with E-state index >= 15 is 0 Å². The van der Waals surface area contributed by atoms with E-state index in [4.69, 9.17) is 9.15 Å². The van der Waals surface area contributed by atoms with Gasteiger partial charge in [0.05, 0.1) is 6.61 Å². The summed E-state index contributed by atoms with van der Waals surface area (Å²) in [6.45, 7) is 5.18. The van der Waals surface area contributed by atoms with Crippen molar-refractivity contribution in [2.75, 3.05) is 6.61 Å². The summed E-state index contributed by atoms with van der Waals surface area (Å²) in [4.78, 5) is 30.1. The molecule has 2 rings (SSSR count). The van der Waals surface area contributed by atoms with E-state index in [1.165, 1.54) is 0 Å². The highest BCUT2D eigenvalue weighted by atomic mass is 16.5. The molecule has 0 fully saturated rings. The Kier molecular flexibility index (Phi) is 2.71. The van der Waals surface area contributed by atoms with Crippen LogP contribution in [0.3, 0.4) is 0 Å². The number of rotatable bonds is 2. The Morgan fingerprint density at radius 3 is 2.82 bits per heavy atom. The zero-order chi connectivity index (χ0) is 12.6. The molecule has 0 radical (unpaired) electrons. The molecule has 0 aliphatic rings.